The zero-order valence-electron chi connectivity index (χ0n) is 14.4. The van der Waals surface area contributed by atoms with Gasteiger partial charge in [-0.1, -0.05) is 0 Å². The number of anilines is 1. The summed E-state index contributed by atoms with van der Waals surface area (Å²) in [6.07, 6.45) is 0.911. The predicted molar refractivity (Wildman–Crippen MR) is 96.7 cm³/mol. The van der Waals surface area contributed by atoms with Crippen molar-refractivity contribution in [1.29, 1.82) is 0 Å². The summed E-state index contributed by atoms with van der Waals surface area (Å²) < 4.78 is 52.3. The number of hydrogen-bond acceptors (Lipinski definition) is 3. The number of nitrogens with one attached hydrogen (secondary N) is 2. The molecular formula is C18H19F2N3O3S. The molecule has 0 spiro atoms. The molecule has 27 heavy (non-hydrogen) atoms. The van der Waals surface area contributed by atoms with Crippen molar-refractivity contribution in [3.8, 4) is 0 Å². The average Bonchev–Trinajstić information content (AvgIpc) is 2.64. The molecule has 1 fully saturated rings. The van der Waals surface area contributed by atoms with Gasteiger partial charge in [-0.2, -0.15) is 4.31 Å². The Labute approximate surface area is 156 Å². The van der Waals surface area contributed by atoms with Crippen molar-refractivity contribution in [3.63, 3.8) is 0 Å². The minimum atomic E-state index is -3.68. The zero-order chi connectivity index (χ0) is 19.4. The summed E-state index contributed by atoms with van der Waals surface area (Å²) in [6, 6.07) is 9.49. The highest BCUT2D eigenvalue weighted by molar-refractivity contribution is 7.89. The van der Waals surface area contributed by atoms with Gasteiger partial charge in [0.2, 0.25) is 10.0 Å². The van der Waals surface area contributed by atoms with Gasteiger partial charge in [0.05, 0.1) is 4.90 Å². The minimum Gasteiger partial charge on any atom is -0.335 e. The summed E-state index contributed by atoms with van der Waals surface area (Å²) in [4.78, 5) is 12.1. The van der Waals surface area contributed by atoms with Gasteiger partial charge in [-0.05, 0) is 61.4 Å². The van der Waals surface area contributed by atoms with Gasteiger partial charge in [-0.3, -0.25) is 0 Å². The standard InChI is InChI=1S/C18H19F2N3O3S/c19-13-1-5-15(6-2-13)21-18(24)22-16-9-11-23(12-10-16)27(25,26)17-7-3-14(20)4-8-17/h1-8,16H,9-12H2,(H2,21,22,24). The van der Waals surface area contributed by atoms with Crippen molar-refractivity contribution in [1.82, 2.24) is 9.62 Å². The van der Waals surface area contributed by atoms with Crippen molar-refractivity contribution in [2.45, 2.75) is 23.8 Å². The second-order valence-electron chi connectivity index (χ2n) is 6.24. The van der Waals surface area contributed by atoms with Crippen LogP contribution in [0.15, 0.2) is 53.4 Å². The Bertz CT molecular complexity index is 894. The van der Waals surface area contributed by atoms with Gasteiger partial charge in [-0.15, -0.1) is 0 Å². The number of urea groups is 1. The number of nitrogens with zero attached hydrogens (tertiary/aromatic N) is 1. The Morgan fingerprint density at radius 2 is 1.44 bits per heavy atom. The lowest BCUT2D eigenvalue weighted by molar-refractivity contribution is 0.238. The highest BCUT2D eigenvalue weighted by Gasteiger charge is 2.29. The van der Waals surface area contributed by atoms with E-state index in [2.05, 4.69) is 10.6 Å². The number of rotatable bonds is 4. The van der Waals surface area contributed by atoms with Crippen LogP contribution in [0.3, 0.4) is 0 Å². The maximum atomic E-state index is 13.0. The van der Waals surface area contributed by atoms with Crippen LogP contribution in [-0.2, 0) is 10.0 Å². The van der Waals surface area contributed by atoms with Crippen LogP contribution in [0.2, 0.25) is 0 Å². The first-order chi connectivity index (χ1) is 12.8. The molecule has 2 aromatic carbocycles. The Morgan fingerprint density at radius 1 is 0.926 bits per heavy atom. The summed E-state index contributed by atoms with van der Waals surface area (Å²) in [5, 5.41) is 5.39. The van der Waals surface area contributed by atoms with E-state index in [4.69, 9.17) is 0 Å². The molecular weight excluding hydrogens is 376 g/mol. The van der Waals surface area contributed by atoms with Gasteiger partial charge in [0.15, 0.2) is 0 Å². The molecule has 1 heterocycles. The SMILES string of the molecule is O=C(Nc1ccc(F)cc1)NC1CCN(S(=O)(=O)c2ccc(F)cc2)CC1. The number of hydrogen-bond donors (Lipinski definition) is 2. The number of carbonyl (C=O) groups is 1. The molecule has 1 aliphatic heterocycles. The predicted octanol–water partition coefficient (Wildman–Crippen LogP) is 2.94. The van der Waals surface area contributed by atoms with Crippen molar-refractivity contribution in [2.75, 3.05) is 18.4 Å². The highest BCUT2D eigenvalue weighted by atomic mass is 32.2. The van der Waals surface area contributed by atoms with Gasteiger partial charge in [0.25, 0.3) is 0 Å². The summed E-state index contributed by atoms with van der Waals surface area (Å²) >= 11 is 0. The monoisotopic (exact) mass is 395 g/mol. The molecule has 0 aromatic heterocycles. The largest absolute Gasteiger partial charge is 0.335 e. The third-order valence-electron chi connectivity index (χ3n) is 4.34. The summed E-state index contributed by atoms with van der Waals surface area (Å²) in [6.45, 7) is 0.502. The molecule has 0 saturated carbocycles. The molecule has 3 rings (SSSR count). The van der Waals surface area contributed by atoms with E-state index >= 15 is 0 Å². The van der Waals surface area contributed by atoms with Crippen LogP contribution >= 0.6 is 0 Å². The second-order valence-corrected chi connectivity index (χ2v) is 8.18. The fourth-order valence-corrected chi connectivity index (χ4v) is 4.35. The van der Waals surface area contributed by atoms with Crippen LogP contribution in [0.25, 0.3) is 0 Å². The maximum Gasteiger partial charge on any atom is 0.319 e. The van der Waals surface area contributed by atoms with Crippen LogP contribution in [-0.4, -0.2) is 37.9 Å². The first kappa shape index (κ1) is 19.2. The van der Waals surface area contributed by atoms with E-state index in [9.17, 15) is 22.0 Å². The molecule has 144 valence electrons. The van der Waals surface area contributed by atoms with Crippen molar-refractivity contribution >= 4 is 21.7 Å². The summed E-state index contributed by atoms with van der Waals surface area (Å²) in [5.74, 6) is -0.889. The normalized spacial score (nSPS) is 16.1. The minimum absolute atomic E-state index is 0.0457. The summed E-state index contributed by atoms with van der Waals surface area (Å²) in [5.41, 5.74) is 0.463. The van der Waals surface area contributed by atoms with Crippen LogP contribution in [0.1, 0.15) is 12.8 Å². The molecule has 0 unspecified atom stereocenters. The van der Waals surface area contributed by atoms with E-state index in [1.54, 1.807) is 0 Å². The van der Waals surface area contributed by atoms with Gasteiger partial charge in [-0.25, -0.2) is 22.0 Å². The van der Waals surface area contributed by atoms with Crippen molar-refractivity contribution < 1.29 is 22.0 Å². The fourth-order valence-electron chi connectivity index (χ4n) is 2.88. The van der Waals surface area contributed by atoms with E-state index in [1.165, 1.54) is 40.7 Å². The topological polar surface area (TPSA) is 78.5 Å². The Kier molecular flexibility index (Phi) is 5.71. The number of carbonyl (C=O) groups excluding carboxylic acids is 1. The van der Waals surface area contributed by atoms with Gasteiger partial charge in [0, 0.05) is 24.8 Å². The van der Waals surface area contributed by atoms with Crippen LogP contribution in [0.5, 0.6) is 0 Å². The molecule has 0 radical (unpaired) electrons. The van der Waals surface area contributed by atoms with E-state index < -0.39 is 27.7 Å². The first-order valence-corrected chi connectivity index (χ1v) is 9.87. The number of amides is 2. The molecule has 2 amide bonds. The third kappa shape index (κ3) is 4.81. The highest BCUT2D eigenvalue weighted by Crippen LogP contribution is 2.21. The number of sulfonamides is 1. The van der Waals surface area contributed by atoms with Gasteiger partial charge < -0.3 is 10.6 Å². The van der Waals surface area contributed by atoms with Crippen molar-refractivity contribution in [3.05, 3.63) is 60.2 Å². The number of benzene rings is 2. The zero-order valence-corrected chi connectivity index (χ0v) is 15.2. The Balaban J connectivity index is 1.53. The lowest BCUT2D eigenvalue weighted by Crippen LogP contribution is -2.47. The summed E-state index contributed by atoms with van der Waals surface area (Å²) in [7, 11) is -3.68. The lowest BCUT2D eigenvalue weighted by Gasteiger charge is -2.31. The van der Waals surface area contributed by atoms with Gasteiger partial charge >= 0.3 is 6.03 Å². The van der Waals surface area contributed by atoms with Crippen LogP contribution in [0.4, 0.5) is 19.3 Å². The number of halogens is 2. The smallest absolute Gasteiger partial charge is 0.319 e. The first-order valence-electron chi connectivity index (χ1n) is 8.43. The lowest BCUT2D eigenvalue weighted by atomic mass is 10.1. The number of piperidine rings is 1. The molecule has 1 aliphatic rings. The van der Waals surface area contributed by atoms with Gasteiger partial charge in [0.1, 0.15) is 11.6 Å². The quantitative estimate of drug-likeness (QED) is 0.836. The molecule has 2 N–H and O–H groups in total. The molecule has 0 atom stereocenters. The Morgan fingerprint density at radius 3 is 2.00 bits per heavy atom. The van der Waals surface area contributed by atoms with E-state index in [1.807, 2.05) is 0 Å². The average molecular weight is 395 g/mol. The maximum absolute atomic E-state index is 13.0. The molecule has 6 nitrogen and oxygen atoms in total. The molecule has 0 aliphatic carbocycles. The van der Waals surface area contributed by atoms with E-state index in [-0.39, 0.29) is 24.0 Å². The van der Waals surface area contributed by atoms with Crippen LogP contribution in [0, 0.1) is 11.6 Å². The molecule has 1 saturated heterocycles. The molecule has 0 bridgehead atoms. The Hall–Kier alpha value is -2.52. The molecule has 9 heteroatoms. The second kappa shape index (κ2) is 8.01. The third-order valence-corrected chi connectivity index (χ3v) is 6.26. The van der Waals surface area contributed by atoms with Crippen LogP contribution < -0.4 is 10.6 Å². The fraction of sp³-hybridized carbons (Fsp3) is 0.278. The molecule has 2 aromatic rings. The van der Waals surface area contributed by atoms with E-state index in [0.29, 0.717) is 18.5 Å². The van der Waals surface area contributed by atoms with E-state index in [0.717, 1.165) is 12.1 Å². The van der Waals surface area contributed by atoms with Crippen molar-refractivity contribution in [2.24, 2.45) is 0 Å².